The average Bonchev–Trinajstić information content (AvgIpc) is 2.71. The van der Waals surface area contributed by atoms with Crippen LogP contribution in [0.2, 0.25) is 5.02 Å². The van der Waals surface area contributed by atoms with Crippen LogP contribution in [0, 0.1) is 12.8 Å². The molecule has 2 atom stereocenters. The van der Waals surface area contributed by atoms with E-state index in [0.29, 0.717) is 22.4 Å². The van der Waals surface area contributed by atoms with Gasteiger partial charge in [0.15, 0.2) is 0 Å². The third-order valence-electron chi connectivity index (χ3n) is 3.63. The van der Waals surface area contributed by atoms with E-state index in [9.17, 15) is 4.79 Å². The van der Waals surface area contributed by atoms with E-state index in [4.69, 9.17) is 17.3 Å². The fraction of sp³-hybridized carbons (Fsp3) is 0.615. The lowest BCUT2D eigenvalue weighted by Gasteiger charge is -2.31. The fourth-order valence-corrected chi connectivity index (χ4v) is 3.68. The van der Waals surface area contributed by atoms with Gasteiger partial charge >= 0.3 is 0 Å². The number of nitrogens with two attached hydrogens (primary N) is 1. The molecule has 1 aliphatic carbocycles. The van der Waals surface area contributed by atoms with Crippen molar-refractivity contribution < 1.29 is 4.79 Å². The highest BCUT2D eigenvalue weighted by Gasteiger charge is 2.26. The molecule has 1 aromatic rings. The first kappa shape index (κ1) is 13.8. The van der Waals surface area contributed by atoms with E-state index in [1.54, 1.807) is 0 Å². The number of carbonyl (C=O) groups excluding carboxylic acids is 1. The Morgan fingerprint density at radius 2 is 2.28 bits per heavy atom. The largest absolute Gasteiger partial charge is 0.348 e. The second kappa shape index (κ2) is 6.04. The first-order valence-corrected chi connectivity index (χ1v) is 7.63. The van der Waals surface area contributed by atoms with E-state index in [2.05, 4.69) is 5.32 Å². The molecule has 1 aliphatic rings. The van der Waals surface area contributed by atoms with Gasteiger partial charge in [-0.1, -0.05) is 24.4 Å². The second-order valence-electron chi connectivity index (χ2n) is 4.92. The Balaban J connectivity index is 2.04. The van der Waals surface area contributed by atoms with Crippen molar-refractivity contribution in [1.82, 2.24) is 5.32 Å². The zero-order valence-electron chi connectivity index (χ0n) is 10.5. The highest BCUT2D eigenvalue weighted by molar-refractivity contribution is 7.13. The van der Waals surface area contributed by atoms with Crippen LogP contribution >= 0.6 is 22.9 Å². The molecule has 1 amide bonds. The SMILES string of the molecule is Cc1csc(C(=O)NC2CCCCC2CN)c1Cl. The number of carbonyl (C=O) groups is 1. The number of thiophene rings is 1. The smallest absolute Gasteiger partial charge is 0.263 e. The lowest BCUT2D eigenvalue weighted by Crippen LogP contribution is -2.44. The number of hydrogen-bond donors (Lipinski definition) is 2. The number of rotatable bonds is 3. The molecule has 0 spiro atoms. The van der Waals surface area contributed by atoms with Crippen LogP contribution in [-0.2, 0) is 0 Å². The molecule has 1 saturated carbocycles. The van der Waals surface area contributed by atoms with Gasteiger partial charge < -0.3 is 11.1 Å². The summed E-state index contributed by atoms with van der Waals surface area (Å²) in [5.74, 6) is 0.353. The van der Waals surface area contributed by atoms with E-state index in [1.807, 2.05) is 12.3 Å². The first-order valence-electron chi connectivity index (χ1n) is 6.38. The molecule has 3 nitrogen and oxygen atoms in total. The Labute approximate surface area is 117 Å². The van der Waals surface area contributed by atoms with E-state index >= 15 is 0 Å². The van der Waals surface area contributed by atoms with Crippen molar-refractivity contribution in [3.8, 4) is 0 Å². The first-order chi connectivity index (χ1) is 8.63. The Morgan fingerprint density at radius 1 is 1.56 bits per heavy atom. The summed E-state index contributed by atoms with van der Waals surface area (Å²) in [6.07, 6.45) is 4.51. The van der Waals surface area contributed by atoms with Gasteiger partial charge in [0, 0.05) is 6.04 Å². The summed E-state index contributed by atoms with van der Waals surface area (Å²) in [5.41, 5.74) is 6.73. The van der Waals surface area contributed by atoms with Crippen LogP contribution in [0.5, 0.6) is 0 Å². The molecule has 18 heavy (non-hydrogen) atoms. The van der Waals surface area contributed by atoms with E-state index in [-0.39, 0.29) is 11.9 Å². The van der Waals surface area contributed by atoms with Gasteiger partial charge in [-0.15, -0.1) is 11.3 Å². The summed E-state index contributed by atoms with van der Waals surface area (Å²) in [6.45, 7) is 2.56. The average molecular weight is 287 g/mol. The molecule has 3 N–H and O–H groups in total. The highest BCUT2D eigenvalue weighted by Crippen LogP contribution is 2.28. The van der Waals surface area contributed by atoms with Crippen LogP contribution < -0.4 is 11.1 Å². The zero-order valence-corrected chi connectivity index (χ0v) is 12.1. The molecule has 5 heteroatoms. The van der Waals surface area contributed by atoms with Crippen LogP contribution in [0.3, 0.4) is 0 Å². The third-order valence-corrected chi connectivity index (χ3v) is 5.33. The quantitative estimate of drug-likeness (QED) is 0.897. The van der Waals surface area contributed by atoms with Crippen molar-refractivity contribution in [3.63, 3.8) is 0 Å². The predicted octanol–water partition coefficient (Wildman–Crippen LogP) is 2.96. The predicted molar refractivity (Wildman–Crippen MR) is 76.3 cm³/mol. The van der Waals surface area contributed by atoms with Gasteiger partial charge in [-0.2, -0.15) is 0 Å². The van der Waals surface area contributed by atoms with Crippen molar-refractivity contribution in [1.29, 1.82) is 0 Å². The molecule has 2 rings (SSSR count). The summed E-state index contributed by atoms with van der Waals surface area (Å²) in [5, 5.41) is 5.59. The highest BCUT2D eigenvalue weighted by atomic mass is 35.5. The molecule has 0 aromatic carbocycles. The Morgan fingerprint density at radius 3 is 2.89 bits per heavy atom. The fourth-order valence-electron chi connectivity index (χ4n) is 2.50. The lowest BCUT2D eigenvalue weighted by atomic mass is 9.84. The normalized spacial score (nSPS) is 23.9. The lowest BCUT2D eigenvalue weighted by molar-refractivity contribution is 0.0912. The standard InChI is InChI=1S/C13H19ClN2OS/c1-8-7-18-12(11(8)14)13(17)16-10-5-3-2-4-9(10)6-15/h7,9-10H,2-6,15H2,1H3,(H,16,17). The van der Waals surface area contributed by atoms with Gasteiger partial charge in [-0.25, -0.2) is 0 Å². The van der Waals surface area contributed by atoms with Crippen molar-refractivity contribution >= 4 is 28.8 Å². The van der Waals surface area contributed by atoms with Crippen LogP contribution in [0.25, 0.3) is 0 Å². The summed E-state index contributed by atoms with van der Waals surface area (Å²) in [4.78, 5) is 12.8. The Kier molecular flexibility index (Phi) is 4.65. The third kappa shape index (κ3) is 2.87. The minimum atomic E-state index is -0.0524. The summed E-state index contributed by atoms with van der Waals surface area (Å²) < 4.78 is 0. The Hall–Kier alpha value is -0.580. The van der Waals surface area contributed by atoms with Crippen molar-refractivity contribution in [2.75, 3.05) is 6.54 Å². The molecular weight excluding hydrogens is 268 g/mol. The number of hydrogen-bond acceptors (Lipinski definition) is 3. The van der Waals surface area contributed by atoms with Crippen LogP contribution in [0.1, 0.15) is 40.9 Å². The Bertz CT molecular complexity index is 433. The number of nitrogens with one attached hydrogen (secondary N) is 1. The summed E-state index contributed by atoms with van der Waals surface area (Å²) in [7, 11) is 0. The minimum absolute atomic E-state index is 0.0524. The number of aryl methyl sites for hydroxylation is 1. The molecule has 100 valence electrons. The van der Waals surface area contributed by atoms with Gasteiger partial charge in [-0.3, -0.25) is 4.79 Å². The molecule has 1 aromatic heterocycles. The van der Waals surface area contributed by atoms with Gasteiger partial charge in [-0.05, 0) is 43.2 Å². The molecule has 1 fully saturated rings. The maximum Gasteiger partial charge on any atom is 0.263 e. The van der Waals surface area contributed by atoms with Gasteiger partial charge in [0.1, 0.15) is 4.88 Å². The zero-order chi connectivity index (χ0) is 13.1. The second-order valence-corrected chi connectivity index (χ2v) is 6.18. The van der Waals surface area contributed by atoms with E-state index in [0.717, 1.165) is 18.4 Å². The van der Waals surface area contributed by atoms with Crippen molar-refractivity contribution in [3.05, 3.63) is 20.8 Å². The maximum absolute atomic E-state index is 12.2. The topological polar surface area (TPSA) is 55.1 Å². The molecule has 0 radical (unpaired) electrons. The van der Waals surface area contributed by atoms with Crippen molar-refractivity contribution in [2.45, 2.75) is 38.6 Å². The van der Waals surface area contributed by atoms with E-state index in [1.165, 1.54) is 24.2 Å². The molecule has 2 unspecified atom stereocenters. The molecule has 1 heterocycles. The van der Waals surface area contributed by atoms with Gasteiger partial charge in [0.2, 0.25) is 0 Å². The van der Waals surface area contributed by atoms with Crippen molar-refractivity contribution in [2.24, 2.45) is 11.7 Å². The number of amides is 1. The van der Waals surface area contributed by atoms with Crippen LogP contribution in [0.15, 0.2) is 5.38 Å². The van der Waals surface area contributed by atoms with Crippen LogP contribution in [0.4, 0.5) is 0 Å². The van der Waals surface area contributed by atoms with Gasteiger partial charge in [0.25, 0.3) is 5.91 Å². The minimum Gasteiger partial charge on any atom is -0.348 e. The maximum atomic E-state index is 12.2. The summed E-state index contributed by atoms with van der Waals surface area (Å²) >= 11 is 7.52. The van der Waals surface area contributed by atoms with E-state index < -0.39 is 0 Å². The van der Waals surface area contributed by atoms with Gasteiger partial charge in [0.05, 0.1) is 5.02 Å². The molecular formula is C13H19ClN2OS. The molecule has 0 aliphatic heterocycles. The molecule has 0 saturated heterocycles. The number of halogens is 1. The molecule has 0 bridgehead atoms. The summed E-state index contributed by atoms with van der Waals surface area (Å²) in [6, 6.07) is 0.203. The van der Waals surface area contributed by atoms with Crippen LogP contribution in [-0.4, -0.2) is 18.5 Å². The monoisotopic (exact) mass is 286 g/mol.